The predicted octanol–water partition coefficient (Wildman–Crippen LogP) is 1.69. The summed E-state index contributed by atoms with van der Waals surface area (Å²) < 4.78 is 32.6. The number of nitrogens with zero attached hydrogens (tertiary/aromatic N) is 1. The lowest BCUT2D eigenvalue weighted by Crippen LogP contribution is -3.14. The maximum Gasteiger partial charge on any atom is 0.243 e. The van der Waals surface area contributed by atoms with Gasteiger partial charge in [-0.25, -0.2) is 8.42 Å². The van der Waals surface area contributed by atoms with Gasteiger partial charge < -0.3 is 9.64 Å². The van der Waals surface area contributed by atoms with Crippen molar-refractivity contribution in [3.05, 3.63) is 66.2 Å². The average molecular weight is 388 g/mol. The minimum absolute atomic E-state index is 0.332. The van der Waals surface area contributed by atoms with E-state index in [2.05, 4.69) is 24.3 Å². The second kappa shape index (κ2) is 9.17. The highest BCUT2D eigenvalue weighted by Gasteiger charge is 2.29. The van der Waals surface area contributed by atoms with Crippen molar-refractivity contribution in [2.24, 2.45) is 0 Å². The zero-order valence-corrected chi connectivity index (χ0v) is 16.5. The third-order valence-corrected chi connectivity index (χ3v) is 6.63. The van der Waals surface area contributed by atoms with Gasteiger partial charge in [-0.05, 0) is 42.8 Å². The summed E-state index contributed by atoms with van der Waals surface area (Å²) in [5.74, 6) is 0.691. The molecule has 0 radical (unpaired) electrons. The number of benzene rings is 2. The van der Waals surface area contributed by atoms with Crippen molar-refractivity contribution in [1.82, 2.24) is 4.31 Å². The van der Waals surface area contributed by atoms with Crippen molar-refractivity contribution < 1.29 is 18.1 Å². The van der Waals surface area contributed by atoms with Crippen LogP contribution >= 0.6 is 0 Å². The van der Waals surface area contributed by atoms with E-state index in [4.69, 9.17) is 4.74 Å². The fourth-order valence-electron chi connectivity index (χ4n) is 3.20. The van der Waals surface area contributed by atoms with Crippen LogP contribution in [-0.2, 0) is 10.0 Å². The minimum Gasteiger partial charge on any atom is -0.494 e. The zero-order chi connectivity index (χ0) is 19.1. The highest BCUT2D eigenvalue weighted by atomic mass is 32.2. The van der Waals surface area contributed by atoms with E-state index < -0.39 is 10.0 Å². The van der Waals surface area contributed by atoms with Crippen LogP contribution in [0.2, 0.25) is 0 Å². The predicted molar refractivity (Wildman–Crippen MR) is 107 cm³/mol. The van der Waals surface area contributed by atoms with Crippen LogP contribution in [0.25, 0.3) is 6.08 Å². The van der Waals surface area contributed by atoms with Gasteiger partial charge in [-0.15, -0.1) is 0 Å². The van der Waals surface area contributed by atoms with Gasteiger partial charge in [0.05, 0.1) is 44.2 Å². The number of hydrogen-bond donors (Lipinski definition) is 1. The molecule has 1 heterocycles. The molecule has 1 saturated heterocycles. The molecule has 0 atom stereocenters. The Labute approximate surface area is 161 Å². The van der Waals surface area contributed by atoms with Crippen molar-refractivity contribution in [2.75, 3.05) is 39.3 Å². The van der Waals surface area contributed by atoms with Crippen LogP contribution in [0.5, 0.6) is 5.75 Å². The van der Waals surface area contributed by atoms with Gasteiger partial charge in [0, 0.05) is 0 Å². The van der Waals surface area contributed by atoms with E-state index in [1.807, 2.05) is 25.1 Å². The van der Waals surface area contributed by atoms with E-state index in [0.717, 1.165) is 19.6 Å². The highest BCUT2D eigenvalue weighted by molar-refractivity contribution is 7.89. The standard InChI is InChI=1S/C21H26N2O3S/c1-2-26-20-10-12-21(13-11-20)27(24,25)23-17-15-22(16-18-23)14-6-9-19-7-4-3-5-8-19/h3-13H,2,14-18H2,1H3/p+1/b9-6+. The molecule has 1 aliphatic heterocycles. The van der Waals surface area contributed by atoms with E-state index in [9.17, 15) is 8.42 Å². The number of piperazine rings is 1. The second-order valence-corrected chi connectivity index (χ2v) is 8.51. The molecule has 6 heteroatoms. The Balaban J connectivity index is 1.54. The Morgan fingerprint density at radius 2 is 1.70 bits per heavy atom. The number of quaternary nitrogens is 1. The first-order valence-corrected chi connectivity index (χ1v) is 10.8. The Morgan fingerprint density at radius 3 is 2.33 bits per heavy atom. The van der Waals surface area contributed by atoms with E-state index >= 15 is 0 Å². The summed E-state index contributed by atoms with van der Waals surface area (Å²) in [5.41, 5.74) is 1.19. The largest absolute Gasteiger partial charge is 0.494 e. The molecule has 0 bridgehead atoms. The topological polar surface area (TPSA) is 51.1 Å². The van der Waals surface area contributed by atoms with Crippen molar-refractivity contribution in [2.45, 2.75) is 11.8 Å². The lowest BCUT2D eigenvalue weighted by atomic mass is 10.2. The van der Waals surface area contributed by atoms with Crippen LogP contribution in [0.3, 0.4) is 0 Å². The molecular formula is C21H27N2O3S+. The van der Waals surface area contributed by atoms with Crippen molar-refractivity contribution in [1.29, 1.82) is 0 Å². The second-order valence-electron chi connectivity index (χ2n) is 6.58. The zero-order valence-electron chi connectivity index (χ0n) is 15.7. The first-order valence-electron chi connectivity index (χ1n) is 9.38. The van der Waals surface area contributed by atoms with E-state index in [-0.39, 0.29) is 0 Å². The van der Waals surface area contributed by atoms with Crippen molar-refractivity contribution in [3.63, 3.8) is 0 Å². The monoisotopic (exact) mass is 387 g/mol. The Hall–Kier alpha value is -2.15. The Kier molecular flexibility index (Phi) is 6.66. The summed E-state index contributed by atoms with van der Waals surface area (Å²) >= 11 is 0. The molecule has 1 N–H and O–H groups in total. The van der Waals surface area contributed by atoms with E-state index in [1.54, 1.807) is 28.6 Å². The lowest BCUT2D eigenvalue weighted by molar-refractivity contribution is -0.897. The summed E-state index contributed by atoms with van der Waals surface area (Å²) in [6, 6.07) is 16.9. The van der Waals surface area contributed by atoms with Gasteiger partial charge in [-0.2, -0.15) is 4.31 Å². The maximum atomic E-state index is 12.8. The molecule has 0 amide bonds. The third kappa shape index (κ3) is 5.19. The lowest BCUT2D eigenvalue weighted by Gasteiger charge is -2.31. The van der Waals surface area contributed by atoms with Gasteiger partial charge in [0.15, 0.2) is 0 Å². The van der Waals surface area contributed by atoms with E-state index in [0.29, 0.717) is 30.3 Å². The summed E-state index contributed by atoms with van der Waals surface area (Å²) in [4.78, 5) is 1.73. The maximum absolute atomic E-state index is 12.8. The number of ether oxygens (including phenoxy) is 1. The molecule has 27 heavy (non-hydrogen) atoms. The summed E-state index contributed by atoms with van der Waals surface area (Å²) in [7, 11) is -3.43. The first-order chi connectivity index (χ1) is 13.1. The van der Waals surface area contributed by atoms with Crippen LogP contribution in [0.15, 0.2) is 65.6 Å². The summed E-state index contributed by atoms with van der Waals surface area (Å²) in [6.45, 7) is 6.10. The quantitative estimate of drug-likeness (QED) is 0.787. The van der Waals surface area contributed by atoms with Crippen LogP contribution in [0.1, 0.15) is 12.5 Å². The Bertz CT molecular complexity index is 841. The van der Waals surface area contributed by atoms with Gasteiger partial charge >= 0.3 is 0 Å². The molecule has 0 unspecified atom stereocenters. The molecule has 0 saturated carbocycles. The number of sulfonamides is 1. The SMILES string of the molecule is CCOc1ccc(S(=O)(=O)N2CC[NH+](C/C=C/c3ccccc3)CC2)cc1. The van der Waals surface area contributed by atoms with Gasteiger partial charge in [0.25, 0.3) is 0 Å². The molecule has 3 rings (SSSR count). The minimum atomic E-state index is -3.43. The first kappa shape index (κ1) is 19.6. The summed E-state index contributed by atoms with van der Waals surface area (Å²) in [6.07, 6.45) is 4.29. The molecule has 144 valence electrons. The number of rotatable bonds is 7. The van der Waals surface area contributed by atoms with Gasteiger partial charge in [0.2, 0.25) is 10.0 Å². The fourth-order valence-corrected chi connectivity index (χ4v) is 4.64. The molecule has 0 aromatic heterocycles. The molecule has 5 nitrogen and oxygen atoms in total. The van der Waals surface area contributed by atoms with Crippen LogP contribution in [0, 0.1) is 0 Å². The van der Waals surface area contributed by atoms with E-state index in [1.165, 1.54) is 10.5 Å². The molecule has 0 aliphatic carbocycles. The number of nitrogens with one attached hydrogen (secondary N) is 1. The third-order valence-electron chi connectivity index (χ3n) is 4.72. The van der Waals surface area contributed by atoms with Crippen molar-refractivity contribution >= 4 is 16.1 Å². The van der Waals surface area contributed by atoms with Gasteiger partial charge in [0.1, 0.15) is 5.75 Å². The average Bonchev–Trinajstić information content (AvgIpc) is 2.70. The molecular weight excluding hydrogens is 360 g/mol. The van der Waals surface area contributed by atoms with Crippen LogP contribution in [-0.4, -0.2) is 52.1 Å². The molecule has 2 aromatic carbocycles. The molecule has 1 aliphatic rings. The number of hydrogen-bond acceptors (Lipinski definition) is 3. The molecule has 0 spiro atoms. The highest BCUT2D eigenvalue weighted by Crippen LogP contribution is 2.19. The summed E-state index contributed by atoms with van der Waals surface area (Å²) in [5, 5.41) is 0. The van der Waals surface area contributed by atoms with Crippen molar-refractivity contribution in [3.8, 4) is 5.75 Å². The Morgan fingerprint density at radius 1 is 1.04 bits per heavy atom. The smallest absolute Gasteiger partial charge is 0.243 e. The van der Waals surface area contributed by atoms with Gasteiger partial charge in [-0.3, -0.25) is 0 Å². The van der Waals surface area contributed by atoms with Crippen LogP contribution in [0.4, 0.5) is 0 Å². The fraction of sp³-hybridized carbons (Fsp3) is 0.333. The van der Waals surface area contributed by atoms with Gasteiger partial charge in [-0.1, -0.05) is 36.4 Å². The van der Waals surface area contributed by atoms with Crippen LogP contribution < -0.4 is 9.64 Å². The molecule has 1 fully saturated rings. The normalized spacial score (nSPS) is 16.6. The molecule has 2 aromatic rings.